The summed E-state index contributed by atoms with van der Waals surface area (Å²) < 4.78 is 0. The molecule has 0 radical (unpaired) electrons. The lowest BCUT2D eigenvalue weighted by Gasteiger charge is -2.10. The van der Waals surface area contributed by atoms with Crippen LogP contribution in [-0.2, 0) is 0 Å². The summed E-state index contributed by atoms with van der Waals surface area (Å²) in [6, 6.07) is 5.11. The number of rotatable bonds is 1. The molecule has 0 saturated heterocycles. The Kier molecular flexibility index (Phi) is 2.06. The molecule has 0 saturated carbocycles. The second kappa shape index (κ2) is 3.01. The minimum Gasteiger partial charge on any atom is -0.465 e. The van der Waals surface area contributed by atoms with Crippen molar-refractivity contribution in [2.45, 2.75) is 0 Å². The van der Waals surface area contributed by atoms with Gasteiger partial charge in [0.25, 0.3) is 0 Å². The van der Waals surface area contributed by atoms with Crippen molar-refractivity contribution in [3.05, 3.63) is 24.4 Å². The van der Waals surface area contributed by atoms with Crippen LogP contribution in [0.1, 0.15) is 0 Å². The van der Waals surface area contributed by atoms with Gasteiger partial charge in [-0.2, -0.15) is 0 Å². The number of carboxylic acid groups (broad SMARTS) is 1. The van der Waals surface area contributed by atoms with E-state index < -0.39 is 6.09 Å². The van der Waals surface area contributed by atoms with Crippen LogP contribution in [-0.4, -0.2) is 23.2 Å². The topological polar surface area (TPSA) is 53.4 Å². The highest BCUT2D eigenvalue weighted by Gasteiger charge is 2.07. The predicted molar refractivity (Wildman–Crippen MR) is 40.7 cm³/mol. The van der Waals surface area contributed by atoms with E-state index in [0.717, 1.165) is 4.90 Å². The van der Waals surface area contributed by atoms with E-state index in [2.05, 4.69) is 4.98 Å². The quantitative estimate of drug-likeness (QED) is 0.657. The lowest BCUT2D eigenvalue weighted by molar-refractivity contribution is 0.203. The van der Waals surface area contributed by atoms with E-state index in [1.54, 1.807) is 24.4 Å². The van der Waals surface area contributed by atoms with Gasteiger partial charge in [-0.3, -0.25) is 4.90 Å². The van der Waals surface area contributed by atoms with Gasteiger partial charge in [-0.25, -0.2) is 9.78 Å². The molecular weight excluding hydrogens is 144 g/mol. The van der Waals surface area contributed by atoms with Gasteiger partial charge in [0, 0.05) is 13.2 Å². The van der Waals surface area contributed by atoms with Crippen LogP contribution in [0.2, 0.25) is 0 Å². The Balaban J connectivity index is 2.85. The summed E-state index contributed by atoms with van der Waals surface area (Å²) >= 11 is 0. The monoisotopic (exact) mass is 152 g/mol. The lowest BCUT2D eigenvalue weighted by atomic mass is 10.4. The van der Waals surface area contributed by atoms with Crippen molar-refractivity contribution in [3.63, 3.8) is 0 Å². The zero-order valence-corrected chi connectivity index (χ0v) is 6.06. The second-order valence-electron chi connectivity index (χ2n) is 2.03. The summed E-state index contributed by atoms with van der Waals surface area (Å²) in [4.78, 5) is 15.3. The van der Waals surface area contributed by atoms with Crippen molar-refractivity contribution >= 4 is 11.9 Å². The third kappa shape index (κ3) is 1.67. The third-order valence-electron chi connectivity index (χ3n) is 1.28. The maximum Gasteiger partial charge on any atom is 0.412 e. The fourth-order valence-electron chi connectivity index (χ4n) is 0.650. The van der Waals surface area contributed by atoms with Crippen LogP contribution in [0.25, 0.3) is 0 Å². The molecule has 0 bridgehead atoms. The molecule has 11 heavy (non-hydrogen) atoms. The lowest BCUT2D eigenvalue weighted by Crippen LogP contribution is -2.24. The van der Waals surface area contributed by atoms with E-state index in [9.17, 15) is 4.79 Å². The van der Waals surface area contributed by atoms with Crippen molar-refractivity contribution in [3.8, 4) is 0 Å². The molecule has 1 amide bonds. The van der Waals surface area contributed by atoms with Gasteiger partial charge in [-0.05, 0) is 12.1 Å². The minimum atomic E-state index is -1.01. The zero-order valence-electron chi connectivity index (χ0n) is 6.06. The maximum absolute atomic E-state index is 10.4. The molecule has 0 aromatic carbocycles. The molecule has 0 fully saturated rings. The fraction of sp³-hybridized carbons (Fsp3) is 0.143. The minimum absolute atomic E-state index is 0.431. The molecule has 0 aliphatic heterocycles. The molecule has 0 aliphatic carbocycles. The molecule has 0 atom stereocenters. The molecule has 1 aromatic heterocycles. The number of amides is 1. The van der Waals surface area contributed by atoms with Gasteiger partial charge in [-0.1, -0.05) is 6.07 Å². The maximum atomic E-state index is 10.4. The van der Waals surface area contributed by atoms with E-state index >= 15 is 0 Å². The highest BCUT2D eigenvalue weighted by Crippen LogP contribution is 2.05. The number of hydrogen-bond acceptors (Lipinski definition) is 2. The first kappa shape index (κ1) is 7.53. The van der Waals surface area contributed by atoms with Gasteiger partial charge in [0.15, 0.2) is 0 Å². The normalized spacial score (nSPS) is 9.18. The molecule has 1 N–H and O–H groups in total. The van der Waals surface area contributed by atoms with Crippen LogP contribution in [0.5, 0.6) is 0 Å². The summed E-state index contributed by atoms with van der Waals surface area (Å²) in [5.74, 6) is 0.431. The number of aromatic nitrogens is 1. The Hall–Kier alpha value is -1.58. The van der Waals surface area contributed by atoms with Gasteiger partial charge in [0.05, 0.1) is 0 Å². The molecule has 0 unspecified atom stereocenters. The first-order valence-electron chi connectivity index (χ1n) is 3.09. The first-order chi connectivity index (χ1) is 5.22. The Morgan fingerprint density at radius 2 is 2.36 bits per heavy atom. The molecule has 4 nitrogen and oxygen atoms in total. The Morgan fingerprint density at radius 3 is 2.82 bits per heavy atom. The molecule has 4 heteroatoms. The van der Waals surface area contributed by atoms with Gasteiger partial charge in [0.2, 0.25) is 0 Å². The van der Waals surface area contributed by atoms with Gasteiger partial charge in [0.1, 0.15) is 5.82 Å². The van der Waals surface area contributed by atoms with Gasteiger partial charge < -0.3 is 5.11 Å². The van der Waals surface area contributed by atoms with E-state index in [4.69, 9.17) is 5.11 Å². The molecular formula is C7H8N2O2. The predicted octanol–water partition coefficient (Wildman–Crippen LogP) is 1.20. The molecule has 0 aliphatic rings. The van der Waals surface area contributed by atoms with Crippen LogP contribution in [0.15, 0.2) is 24.4 Å². The largest absolute Gasteiger partial charge is 0.465 e. The summed E-state index contributed by atoms with van der Waals surface area (Å²) in [6.07, 6.45) is 0.540. The number of nitrogens with zero attached hydrogens (tertiary/aromatic N) is 2. The number of hydrogen-bond donors (Lipinski definition) is 1. The average molecular weight is 152 g/mol. The SMILES string of the molecule is CN(C(=O)O)c1ccccn1. The zero-order chi connectivity index (χ0) is 8.27. The Labute approximate surface area is 64.1 Å². The van der Waals surface area contributed by atoms with E-state index in [-0.39, 0.29) is 0 Å². The van der Waals surface area contributed by atoms with Crippen molar-refractivity contribution in [1.29, 1.82) is 0 Å². The summed E-state index contributed by atoms with van der Waals surface area (Å²) in [6.45, 7) is 0. The highest BCUT2D eigenvalue weighted by atomic mass is 16.4. The molecule has 1 aromatic rings. The van der Waals surface area contributed by atoms with E-state index in [1.807, 2.05) is 0 Å². The summed E-state index contributed by atoms with van der Waals surface area (Å²) in [5.41, 5.74) is 0. The second-order valence-corrected chi connectivity index (χ2v) is 2.03. The van der Waals surface area contributed by atoms with Gasteiger partial charge >= 0.3 is 6.09 Å². The molecule has 0 spiro atoms. The molecule has 1 heterocycles. The van der Waals surface area contributed by atoms with Crippen molar-refractivity contribution < 1.29 is 9.90 Å². The van der Waals surface area contributed by atoms with Crippen molar-refractivity contribution in [2.24, 2.45) is 0 Å². The Bertz CT molecular complexity index is 248. The van der Waals surface area contributed by atoms with E-state index in [1.165, 1.54) is 7.05 Å². The first-order valence-corrected chi connectivity index (χ1v) is 3.09. The number of anilines is 1. The average Bonchev–Trinajstić information content (AvgIpc) is 2.05. The van der Waals surface area contributed by atoms with Gasteiger partial charge in [-0.15, -0.1) is 0 Å². The summed E-state index contributed by atoms with van der Waals surface area (Å²) in [7, 11) is 1.45. The fourth-order valence-corrected chi connectivity index (χ4v) is 0.650. The third-order valence-corrected chi connectivity index (χ3v) is 1.28. The number of pyridine rings is 1. The van der Waals surface area contributed by atoms with Crippen molar-refractivity contribution in [1.82, 2.24) is 4.98 Å². The van der Waals surface area contributed by atoms with Crippen LogP contribution >= 0.6 is 0 Å². The Morgan fingerprint density at radius 1 is 1.64 bits per heavy atom. The van der Waals surface area contributed by atoms with Crippen LogP contribution in [0.3, 0.4) is 0 Å². The molecule has 58 valence electrons. The van der Waals surface area contributed by atoms with Crippen molar-refractivity contribution in [2.75, 3.05) is 11.9 Å². The highest BCUT2D eigenvalue weighted by molar-refractivity contribution is 5.83. The summed E-state index contributed by atoms with van der Waals surface area (Å²) in [5, 5.41) is 8.52. The molecule has 1 rings (SSSR count). The van der Waals surface area contributed by atoms with Crippen LogP contribution < -0.4 is 4.90 Å². The number of carbonyl (C=O) groups is 1. The standard InChI is InChI=1S/C7H8N2O2/c1-9(7(10)11)6-4-2-3-5-8-6/h2-5H,1H3,(H,10,11). The smallest absolute Gasteiger partial charge is 0.412 e. The van der Waals surface area contributed by atoms with Crippen LogP contribution in [0.4, 0.5) is 10.6 Å². The van der Waals surface area contributed by atoms with Crippen LogP contribution in [0, 0.1) is 0 Å². The van der Waals surface area contributed by atoms with E-state index in [0.29, 0.717) is 5.82 Å².